The third kappa shape index (κ3) is 8.30. The van der Waals surface area contributed by atoms with Gasteiger partial charge in [0.25, 0.3) is 0 Å². The average Bonchev–Trinajstić information content (AvgIpc) is 2.94. The topological polar surface area (TPSA) is 88.5 Å². The molecule has 0 radical (unpaired) electrons. The minimum atomic E-state index is -1.06. The van der Waals surface area contributed by atoms with Crippen LogP contribution < -0.4 is 4.74 Å². The summed E-state index contributed by atoms with van der Waals surface area (Å²) in [5.41, 5.74) is 4.31. The second-order valence-electron chi connectivity index (χ2n) is 10.3. The zero-order chi connectivity index (χ0) is 27.6. The number of aliphatic hydroxyl groups is 1. The average molecular weight is 534 g/mol. The van der Waals surface area contributed by atoms with Gasteiger partial charge < -0.3 is 29.3 Å². The summed E-state index contributed by atoms with van der Waals surface area (Å²) in [6.45, 7) is 6.62. The Morgan fingerprint density at radius 3 is 2.26 bits per heavy atom. The van der Waals surface area contributed by atoms with E-state index in [9.17, 15) is 15.0 Å². The van der Waals surface area contributed by atoms with Crippen LogP contribution in [0.1, 0.15) is 54.4 Å². The van der Waals surface area contributed by atoms with Crippen LogP contribution in [0.15, 0.2) is 78.9 Å². The SMILES string of the molecule is CC(C)c1ccc(COC2CN(C(=O)O)CC(O)C2c2ccc(OCCCOCc3ccccc3)cc2)cc1. The molecule has 1 amide bonds. The molecule has 7 heteroatoms. The van der Waals surface area contributed by atoms with Crippen molar-refractivity contribution in [2.75, 3.05) is 26.3 Å². The minimum absolute atomic E-state index is 0.0458. The Bertz CT molecular complexity index is 1150. The van der Waals surface area contributed by atoms with Gasteiger partial charge in [0, 0.05) is 12.3 Å². The predicted molar refractivity (Wildman–Crippen MR) is 150 cm³/mol. The number of ether oxygens (including phenoxy) is 3. The summed E-state index contributed by atoms with van der Waals surface area (Å²) in [4.78, 5) is 12.9. The smallest absolute Gasteiger partial charge is 0.407 e. The molecule has 0 saturated carbocycles. The van der Waals surface area contributed by atoms with Crippen LogP contribution in [0.2, 0.25) is 0 Å². The van der Waals surface area contributed by atoms with Gasteiger partial charge in [0.1, 0.15) is 5.75 Å². The van der Waals surface area contributed by atoms with E-state index >= 15 is 0 Å². The van der Waals surface area contributed by atoms with Crippen LogP contribution in [0.4, 0.5) is 4.79 Å². The summed E-state index contributed by atoms with van der Waals surface area (Å²) in [5.74, 6) is 0.833. The maximum absolute atomic E-state index is 11.7. The summed E-state index contributed by atoms with van der Waals surface area (Å²) in [5, 5.41) is 20.5. The van der Waals surface area contributed by atoms with Gasteiger partial charge in [-0.05, 0) is 40.3 Å². The molecule has 7 nitrogen and oxygen atoms in total. The number of rotatable bonds is 12. The Balaban J connectivity index is 1.32. The van der Waals surface area contributed by atoms with Crippen molar-refractivity contribution in [3.05, 3.63) is 101 Å². The number of carboxylic acid groups (broad SMARTS) is 1. The summed E-state index contributed by atoms with van der Waals surface area (Å²) >= 11 is 0. The number of carbonyl (C=O) groups is 1. The molecule has 208 valence electrons. The molecule has 0 aromatic heterocycles. The molecule has 1 saturated heterocycles. The minimum Gasteiger partial charge on any atom is -0.494 e. The van der Waals surface area contributed by atoms with Crippen LogP contribution in [0, 0.1) is 0 Å². The number of β-amino-alcohol motifs (C(OH)–C–C–N with tert-alkyl or cyclic N) is 1. The molecule has 1 aliphatic heterocycles. The predicted octanol–water partition coefficient (Wildman–Crippen LogP) is 5.82. The van der Waals surface area contributed by atoms with Crippen molar-refractivity contribution >= 4 is 6.09 Å². The maximum Gasteiger partial charge on any atom is 0.407 e. The lowest BCUT2D eigenvalue weighted by atomic mass is 9.84. The Labute approximate surface area is 230 Å². The molecule has 1 fully saturated rings. The summed E-state index contributed by atoms with van der Waals surface area (Å²) in [6, 6.07) is 26.0. The third-order valence-electron chi connectivity index (χ3n) is 7.08. The fraction of sp³-hybridized carbons (Fsp3) is 0.406. The van der Waals surface area contributed by atoms with Crippen molar-refractivity contribution in [3.8, 4) is 5.75 Å². The van der Waals surface area contributed by atoms with Crippen molar-refractivity contribution in [1.29, 1.82) is 0 Å². The lowest BCUT2D eigenvalue weighted by molar-refractivity contribution is -0.0660. The fourth-order valence-corrected chi connectivity index (χ4v) is 4.85. The molecule has 3 atom stereocenters. The van der Waals surface area contributed by atoms with Crippen LogP contribution in [-0.4, -0.2) is 59.7 Å². The van der Waals surface area contributed by atoms with E-state index in [2.05, 4.69) is 26.0 Å². The lowest BCUT2D eigenvalue weighted by Gasteiger charge is -2.40. The molecule has 39 heavy (non-hydrogen) atoms. The highest BCUT2D eigenvalue weighted by Crippen LogP contribution is 2.33. The van der Waals surface area contributed by atoms with E-state index in [1.807, 2.05) is 66.7 Å². The molecule has 0 bridgehead atoms. The van der Waals surface area contributed by atoms with Gasteiger partial charge in [0.15, 0.2) is 0 Å². The van der Waals surface area contributed by atoms with E-state index in [1.165, 1.54) is 10.5 Å². The number of amides is 1. The molecule has 4 rings (SSSR count). The molecule has 1 heterocycles. The largest absolute Gasteiger partial charge is 0.494 e. The second-order valence-corrected chi connectivity index (χ2v) is 10.3. The van der Waals surface area contributed by atoms with Gasteiger partial charge in [-0.1, -0.05) is 80.6 Å². The highest BCUT2D eigenvalue weighted by atomic mass is 16.5. The number of benzene rings is 3. The zero-order valence-corrected chi connectivity index (χ0v) is 22.7. The Morgan fingerprint density at radius 2 is 1.59 bits per heavy atom. The highest BCUT2D eigenvalue weighted by molar-refractivity contribution is 5.65. The maximum atomic E-state index is 11.7. The number of likely N-dealkylation sites (tertiary alicyclic amines) is 1. The zero-order valence-electron chi connectivity index (χ0n) is 22.7. The Morgan fingerprint density at radius 1 is 0.897 bits per heavy atom. The first kappa shape index (κ1) is 28.6. The number of hydrogen-bond acceptors (Lipinski definition) is 5. The van der Waals surface area contributed by atoms with E-state index in [4.69, 9.17) is 14.2 Å². The van der Waals surface area contributed by atoms with Crippen LogP contribution >= 0.6 is 0 Å². The quantitative estimate of drug-likeness (QED) is 0.285. The molecule has 3 aromatic carbocycles. The van der Waals surface area contributed by atoms with Gasteiger partial charge in [-0.15, -0.1) is 0 Å². The van der Waals surface area contributed by atoms with Gasteiger partial charge in [-0.2, -0.15) is 0 Å². The molecule has 3 aromatic rings. The summed E-state index contributed by atoms with van der Waals surface area (Å²) in [7, 11) is 0. The number of nitrogens with zero attached hydrogens (tertiary/aromatic N) is 1. The summed E-state index contributed by atoms with van der Waals surface area (Å²) < 4.78 is 17.8. The number of aliphatic hydroxyl groups excluding tert-OH is 1. The first-order chi connectivity index (χ1) is 18.9. The van der Waals surface area contributed by atoms with Crippen LogP contribution in [0.25, 0.3) is 0 Å². The van der Waals surface area contributed by atoms with Crippen LogP contribution in [-0.2, 0) is 22.7 Å². The molecular formula is C32H39NO6. The molecule has 2 N–H and O–H groups in total. The van der Waals surface area contributed by atoms with E-state index in [0.29, 0.717) is 32.3 Å². The van der Waals surface area contributed by atoms with Crippen molar-refractivity contribution in [2.45, 2.75) is 57.5 Å². The first-order valence-electron chi connectivity index (χ1n) is 13.6. The van der Waals surface area contributed by atoms with Crippen LogP contribution in [0.3, 0.4) is 0 Å². The third-order valence-corrected chi connectivity index (χ3v) is 7.08. The van der Waals surface area contributed by atoms with Gasteiger partial charge in [-0.25, -0.2) is 4.79 Å². The Kier molecular flexibility index (Phi) is 10.4. The molecule has 1 aliphatic rings. The normalized spacial score (nSPS) is 19.3. The standard InChI is InChI=1S/C32H39NO6/c1-23(2)26-11-9-25(10-12-26)22-39-30-20-33(32(35)36)19-29(34)31(30)27-13-15-28(16-14-27)38-18-6-17-37-21-24-7-4-3-5-8-24/h3-5,7-16,23,29-31,34H,6,17-22H2,1-2H3,(H,35,36). The Hall–Kier alpha value is -3.39. The van der Waals surface area contributed by atoms with Gasteiger partial charge >= 0.3 is 6.09 Å². The van der Waals surface area contributed by atoms with Crippen LogP contribution in [0.5, 0.6) is 5.75 Å². The second kappa shape index (κ2) is 14.1. The van der Waals surface area contributed by atoms with E-state index < -0.39 is 18.3 Å². The summed E-state index contributed by atoms with van der Waals surface area (Å²) in [6.07, 6.45) is -1.65. The van der Waals surface area contributed by atoms with Crippen molar-refractivity contribution in [3.63, 3.8) is 0 Å². The molecule has 0 aliphatic carbocycles. The monoisotopic (exact) mass is 533 g/mol. The van der Waals surface area contributed by atoms with Gasteiger partial charge in [0.2, 0.25) is 0 Å². The highest BCUT2D eigenvalue weighted by Gasteiger charge is 2.39. The lowest BCUT2D eigenvalue weighted by Crippen LogP contribution is -2.53. The first-order valence-corrected chi connectivity index (χ1v) is 13.6. The number of piperidine rings is 1. The molecule has 0 spiro atoms. The molecular weight excluding hydrogens is 494 g/mol. The van der Waals surface area contributed by atoms with E-state index in [0.717, 1.165) is 28.9 Å². The number of hydrogen-bond donors (Lipinski definition) is 2. The molecule has 3 unspecified atom stereocenters. The van der Waals surface area contributed by atoms with Crippen molar-refractivity contribution in [1.82, 2.24) is 4.90 Å². The van der Waals surface area contributed by atoms with Crippen molar-refractivity contribution in [2.24, 2.45) is 0 Å². The van der Waals surface area contributed by atoms with Gasteiger partial charge in [-0.3, -0.25) is 0 Å². The van der Waals surface area contributed by atoms with Crippen molar-refractivity contribution < 1.29 is 29.2 Å². The van der Waals surface area contributed by atoms with E-state index in [-0.39, 0.29) is 19.0 Å². The van der Waals surface area contributed by atoms with E-state index in [1.54, 1.807) is 0 Å². The fourth-order valence-electron chi connectivity index (χ4n) is 4.85. The van der Waals surface area contributed by atoms with Gasteiger partial charge in [0.05, 0.1) is 51.7 Å².